The highest BCUT2D eigenvalue weighted by atomic mass is 16.5. The third-order valence-corrected chi connectivity index (χ3v) is 3.87. The zero-order valence-corrected chi connectivity index (χ0v) is 15.4. The normalized spacial score (nSPS) is 10.4. The Labute approximate surface area is 161 Å². The second-order valence-electron chi connectivity index (χ2n) is 6.05. The van der Waals surface area contributed by atoms with Crippen LogP contribution < -0.4 is 5.32 Å². The van der Waals surface area contributed by atoms with Gasteiger partial charge in [0.1, 0.15) is 5.76 Å². The second-order valence-corrected chi connectivity index (χ2v) is 6.05. The smallest absolute Gasteiger partial charge is 0.361 e. The molecule has 7 heteroatoms. The molecule has 1 heterocycles. The molecule has 28 heavy (non-hydrogen) atoms. The molecule has 0 aliphatic heterocycles. The molecule has 2 aromatic carbocycles. The number of esters is 1. The number of hydrogen-bond donors (Lipinski definition) is 1. The monoisotopic (exact) mass is 378 g/mol. The fourth-order valence-electron chi connectivity index (χ4n) is 2.52. The first-order valence-electron chi connectivity index (χ1n) is 8.55. The van der Waals surface area contributed by atoms with Crippen molar-refractivity contribution in [2.45, 2.75) is 13.8 Å². The Morgan fingerprint density at radius 2 is 1.71 bits per heavy atom. The van der Waals surface area contributed by atoms with E-state index < -0.39 is 12.6 Å². The number of anilines is 1. The predicted octanol–water partition coefficient (Wildman–Crippen LogP) is 3.65. The van der Waals surface area contributed by atoms with E-state index in [0.29, 0.717) is 22.9 Å². The Kier molecular flexibility index (Phi) is 5.64. The third-order valence-electron chi connectivity index (χ3n) is 3.87. The number of ether oxygens (including phenoxy) is 1. The third kappa shape index (κ3) is 4.50. The van der Waals surface area contributed by atoms with E-state index in [-0.39, 0.29) is 17.4 Å². The number of aromatic nitrogens is 1. The number of rotatable bonds is 6. The van der Waals surface area contributed by atoms with Crippen LogP contribution in [0.15, 0.2) is 59.0 Å². The lowest BCUT2D eigenvalue weighted by molar-refractivity contribution is -0.114. The lowest BCUT2D eigenvalue weighted by Gasteiger charge is -2.05. The van der Waals surface area contributed by atoms with E-state index in [1.807, 2.05) is 30.3 Å². The van der Waals surface area contributed by atoms with Crippen molar-refractivity contribution in [3.05, 3.63) is 71.6 Å². The van der Waals surface area contributed by atoms with Crippen LogP contribution in [0.2, 0.25) is 0 Å². The first-order valence-corrected chi connectivity index (χ1v) is 8.55. The van der Waals surface area contributed by atoms with Gasteiger partial charge in [0.2, 0.25) is 11.8 Å². The average Bonchev–Trinajstić information content (AvgIpc) is 3.08. The molecule has 0 saturated heterocycles. The molecule has 3 aromatic rings. The Bertz CT molecular complexity index is 1010. The molecule has 0 aliphatic carbocycles. The van der Waals surface area contributed by atoms with Gasteiger partial charge in [-0.3, -0.25) is 9.59 Å². The minimum Gasteiger partial charge on any atom is -0.452 e. The number of benzene rings is 2. The highest BCUT2D eigenvalue weighted by Gasteiger charge is 2.20. The van der Waals surface area contributed by atoms with E-state index in [1.165, 1.54) is 6.92 Å². The minimum absolute atomic E-state index is 0.0349. The number of Topliss-reactive ketones (excluding diaryl/α,β-unsaturated/α-hetero) is 1. The zero-order chi connectivity index (χ0) is 20.1. The Morgan fingerprint density at radius 1 is 1.04 bits per heavy atom. The fourth-order valence-corrected chi connectivity index (χ4v) is 2.52. The summed E-state index contributed by atoms with van der Waals surface area (Å²) in [5, 5.41) is 2.61. The predicted molar refractivity (Wildman–Crippen MR) is 102 cm³/mol. The number of nitrogens with zero attached hydrogens (tertiary/aromatic N) is 1. The van der Waals surface area contributed by atoms with Crippen molar-refractivity contribution in [1.82, 2.24) is 4.98 Å². The summed E-state index contributed by atoms with van der Waals surface area (Å²) in [5.41, 5.74) is 1.71. The molecule has 7 nitrogen and oxygen atoms in total. The van der Waals surface area contributed by atoms with Gasteiger partial charge in [-0.15, -0.1) is 0 Å². The fraction of sp³-hybridized carbons (Fsp3) is 0.143. The topological polar surface area (TPSA) is 98.5 Å². The Morgan fingerprint density at radius 3 is 2.36 bits per heavy atom. The summed E-state index contributed by atoms with van der Waals surface area (Å²) in [7, 11) is 0. The molecule has 3 rings (SSSR count). The summed E-state index contributed by atoms with van der Waals surface area (Å²) in [6.07, 6.45) is 0. The summed E-state index contributed by atoms with van der Waals surface area (Å²) in [5.74, 6) is -0.675. The molecule has 0 bridgehead atoms. The highest BCUT2D eigenvalue weighted by molar-refractivity contribution is 5.99. The number of hydrogen-bond acceptors (Lipinski definition) is 6. The number of aryl methyl sites for hydroxylation is 1. The van der Waals surface area contributed by atoms with E-state index in [0.717, 1.165) is 5.56 Å². The average molecular weight is 378 g/mol. The van der Waals surface area contributed by atoms with Crippen LogP contribution >= 0.6 is 0 Å². The van der Waals surface area contributed by atoms with E-state index in [9.17, 15) is 14.4 Å². The molecular formula is C21H18N2O5. The number of carbonyl (C=O) groups is 3. The molecule has 0 radical (unpaired) electrons. The molecular weight excluding hydrogens is 360 g/mol. The van der Waals surface area contributed by atoms with Crippen molar-refractivity contribution in [3.8, 4) is 11.5 Å². The Hall–Kier alpha value is -3.74. The largest absolute Gasteiger partial charge is 0.452 e. The van der Waals surface area contributed by atoms with Gasteiger partial charge in [-0.05, 0) is 43.3 Å². The van der Waals surface area contributed by atoms with Crippen molar-refractivity contribution in [2.75, 3.05) is 11.9 Å². The summed E-state index contributed by atoms with van der Waals surface area (Å²) >= 11 is 0. The molecule has 0 fully saturated rings. The maximum atomic E-state index is 12.3. The van der Waals surface area contributed by atoms with Crippen LogP contribution in [-0.4, -0.2) is 29.3 Å². The van der Waals surface area contributed by atoms with E-state index >= 15 is 0 Å². The number of carbonyl (C=O) groups excluding carboxylic acids is 3. The molecule has 0 spiro atoms. The quantitative estimate of drug-likeness (QED) is 0.519. The SMILES string of the molecule is CC(=O)Nc1ccc(C(=O)COC(=O)c2nc(-c3ccccc3)oc2C)cc1. The highest BCUT2D eigenvalue weighted by Crippen LogP contribution is 2.22. The van der Waals surface area contributed by atoms with Gasteiger partial charge in [-0.25, -0.2) is 9.78 Å². The van der Waals surface area contributed by atoms with Crippen LogP contribution in [0.5, 0.6) is 0 Å². The van der Waals surface area contributed by atoms with E-state index in [2.05, 4.69) is 10.3 Å². The van der Waals surface area contributed by atoms with Crippen molar-refractivity contribution in [2.24, 2.45) is 0 Å². The molecule has 0 unspecified atom stereocenters. The van der Waals surface area contributed by atoms with Crippen molar-refractivity contribution < 1.29 is 23.5 Å². The molecule has 142 valence electrons. The van der Waals surface area contributed by atoms with Gasteiger partial charge >= 0.3 is 5.97 Å². The first kappa shape index (κ1) is 19.0. The summed E-state index contributed by atoms with van der Waals surface area (Å²) in [6, 6.07) is 15.5. The van der Waals surface area contributed by atoms with Crippen LogP contribution in [0.25, 0.3) is 11.5 Å². The van der Waals surface area contributed by atoms with E-state index in [1.54, 1.807) is 31.2 Å². The summed E-state index contributed by atoms with van der Waals surface area (Å²) in [6.45, 7) is 2.58. The molecule has 1 aromatic heterocycles. The van der Waals surface area contributed by atoms with Crippen LogP contribution in [-0.2, 0) is 9.53 Å². The number of nitrogens with one attached hydrogen (secondary N) is 1. The summed E-state index contributed by atoms with van der Waals surface area (Å²) < 4.78 is 10.6. The molecule has 1 amide bonds. The number of oxazole rings is 1. The van der Waals surface area contributed by atoms with Gasteiger partial charge in [0, 0.05) is 23.7 Å². The zero-order valence-electron chi connectivity index (χ0n) is 15.4. The lowest BCUT2D eigenvalue weighted by Crippen LogP contribution is -2.15. The number of amides is 1. The second kappa shape index (κ2) is 8.30. The van der Waals surface area contributed by atoms with Gasteiger partial charge in [0.15, 0.2) is 18.1 Å². The minimum atomic E-state index is -0.730. The number of ketones is 1. The van der Waals surface area contributed by atoms with Crippen molar-refractivity contribution in [3.63, 3.8) is 0 Å². The maximum absolute atomic E-state index is 12.3. The molecule has 1 N–H and O–H groups in total. The van der Waals surface area contributed by atoms with Crippen molar-refractivity contribution >= 4 is 23.3 Å². The van der Waals surface area contributed by atoms with Crippen LogP contribution in [0.4, 0.5) is 5.69 Å². The van der Waals surface area contributed by atoms with E-state index in [4.69, 9.17) is 9.15 Å². The van der Waals surface area contributed by atoms with Crippen LogP contribution in [0.3, 0.4) is 0 Å². The van der Waals surface area contributed by atoms with Crippen LogP contribution in [0, 0.1) is 6.92 Å². The first-order chi connectivity index (χ1) is 13.4. The van der Waals surface area contributed by atoms with Crippen LogP contribution in [0.1, 0.15) is 33.5 Å². The van der Waals surface area contributed by atoms with Crippen molar-refractivity contribution in [1.29, 1.82) is 0 Å². The molecule has 0 saturated carbocycles. The Balaban J connectivity index is 1.63. The van der Waals surface area contributed by atoms with Gasteiger partial charge in [0.05, 0.1) is 0 Å². The maximum Gasteiger partial charge on any atom is 0.361 e. The lowest BCUT2D eigenvalue weighted by atomic mass is 10.1. The molecule has 0 atom stereocenters. The van der Waals surface area contributed by atoms with Gasteiger partial charge in [-0.1, -0.05) is 18.2 Å². The standard InChI is InChI=1S/C21H18N2O5/c1-13-19(23-20(28-13)16-6-4-3-5-7-16)21(26)27-12-18(25)15-8-10-17(11-9-15)22-14(2)24/h3-11H,12H2,1-2H3,(H,22,24). The molecule has 0 aliphatic rings. The van der Waals surface area contributed by atoms with Gasteiger partial charge < -0.3 is 14.5 Å². The summed E-state index contributed by atoms with van der Waals surface area (Å²) in [4.78, 5) is 39.7. The van der Waals surface area contributed by atoms with Gasteiger partial charge in [0.25, 0.3) is 0 Å². The van der Waals surface area contributed by atoms with Gasteiger partial charge in [-0.2, -0.15) is 0 Å².